The van der Waals surface area contributed by atoms with Crippen LogP contribution in [0.3, 0.4) is 0 Å². The molecule has 0 bridgehead atoms. The highest BCUT2D eigenvalue weighted by Crippen LogP contribution is 2.30. The average molecular weight is 568 g/mol. The summed E-state index contributed by atoms with van der Waals surface area (Å²) in [6, 6.07) is 5.72. The first-order chi connectivity index (χ1) is 19.0. The lowest BCUT2D eigenvalue weighted by atomic mass is 9.86. The summed E-state index contributed by atoms with van der Waals surface area (Å²) in [4.78, 5) is 64.1. The van der Waals surface area contributed by atoms with Crippen LogP contribution in [0.2, 0.25) is 0 Å². The van der Waals surface area contributed by atoms with Crippen molar-refractivity contribution in [3.8, 4) is 0 Å². The summed E-state index contributed by atoms with van der Waals surface area (Å²) < 4.78 is 0. The van der Waals surface area contributed by atoms with Crippen molar-refractivity contribution in [3.63, 3.8) is 0 Å². The predicted molar refractivity (Wildman–Crippen MR) is 153 cm³/mol. The first kappa shape index (κ1) is 29.2. The quantitative estimate of drug-likeness (QED) is 0.180. The molecule has 5 N–H and O–H groups in total. The molecular weight excluding hydrogens is 530 g/mol. The van der Waals surface area contributed by atoms with Crippen LogP contribution in [0, 0.1) is 0 Å². The van der Waals surface area contributed by atoms with Crippen molar-refractivity contribution in [1.82, 2.24) is 20.1 Å². The molecule has 3 atom stereocenters. The molecule has 2 aromatic rings. The molecule has 40 heavy (non-hydrogen) atoms. The number of thiazole rings is 1. The molecule has 0 saturated carbocycles. The minimum atomic E-state index is -0.819. The lowest BCUT2D eigenvalue weighted by Crippen LogP contribution is -2.60. The van der Waals surface area contributed by atoms with Crippen molar-refractivity contribution in [1.29, 1.82) is 0 Å². The van der Waals surface area contributed by atoms with Crippen molar-refractivity contribution < 1.29 is 19.2 Å². The second kappa shape index (κ2) is 12.2. The first-order valence-electron chi connectivity index (χ1n) is 13.5. The van der Waals surface area contributed by atoms with Gasteiger partial charge in [0.1, 0.15) is 12.6 Å². The van der Waals surface area contributed by atoms with E-state index in [1.807, 2.05) is 12.1 Å². The standard InChI is InChI=1S/C28H37N7O4S/c1-28(2,3)18-8-6-17(7-9-18)26(39)34-15-19-10-11-21(35(19)22(36)16-34)24(38)33-20(5-4-12-32-27(29)30)23(37)25-31-13-14-40-25/h6-9,13-14,19-21H,4-5,10-12,15-16H2,1-3H3,(H,33,38)(H4,29,30,32). The van der Waals surface area contributed by atoms with Crippen LogP contribution in [0.25, 0.3) is 0 Å². The first-order valence-corrected chi connectivity index (χ1v) is 14.3. The zero-order chi connectivity index (χ0) is 29.0. The molecule has 0 radical (unpaired) electrons. The van der Waals surface area contributed by atoms with E-state index < -0.39 is 12.1 Å². The number of Topliss-reactive ketones (excluding diaryl/α,β-unsaturated/α-hetero) is 1. The topological polar surface area (TPSA) is 164 Å². The molecule has 4 rings (SSSR count). The van der Waals surface area contributed by atoms with E-state index in [0.717, 1.165) is 5.56 Å². The van der Waals surface area contributed by atoms with Crippen molar-refractivity contribution in [3.05, 3.63) is 52.0 Å². The number of piperazine rings is 1. The number of nitrogens with zero attached hydrogens (tertiary/aromatic N) is 4. The number of ketones is 1. The summed E-state index contributed by atoms with van der Waals surface area (Å²) in [5, 5.41) is 4.86. The summed E-state index contributed by atoms with van der Waals surface area (Å²) in [5.74, 6) is -1.19. The van der Waals surface area contributed by atoms with Gasteiger partial charge in [0.05, 0.1) is 12.1 Å². The van der Waals surface area contributed by atoms with Crippen molar-refractivity contribution in [2.75, 3.05) is 19.6 Å². The fraction of sp³-hybridized carbons (Fsp3) is 0.500. The third-order valence-electron chi connectivity index (χ3n) is 7.36. The number of benzene rings is 1. The Morgan fingerprint density at radius 2 is 1.90 bits per heavy atom. The minimum Gasteiger partial charge on any atom is -0.370 e. The highest BCUT2D eigenvalue weighted by Gasteiger charge is 2.46. The fourth-order valence-corrected chi connectivity index (χ4v) is 5.88. The number of amides is 3. The summed E-state index contributed by atoms with van der Waals surface area (Å²) >= 11 is 1.20. The van der Waals surface area contributed by atoms with Gasteiger partial charge >= 0.3 is 0 Å². The molecule has 3 heterocycles. The summed E-state index contributed by atoms with van der Waals surface area (Å²) in [6.45, 7) is 6.91. The minimum absolute atomic E-state index is 0.0289. The van der Waals surface area contributed by atoms with Gasteiger partial charge in [-0.1, -0.05) is 32.9 Å². The van der Waals surface area contributed by atoms with Gasteiger partial charge < -0.3 is 26.6 Å². The van der Waals surface area contributed by atoms with E-state index in [-0.39, 0.29) is 47.5 Å². The molecule has 3 unspecified atom stereocenters. The van der Waals surface area contributed by atoms with Gasteiger partial charge in [-0.15, -0.1) is 11.3 Å². The van der Waals surface area contributed by atoms with Crippen LogP contribution in [0.15, 0.2) is 40.8 Å². The summed E-state index contributed by atoms with van der Waals surface area (Å²) in [5.41, 5.74) is 12.4. The van der Waals surface area contributed by atoms with Crippen LogP contribution in [-0.4, -0.2) is 82.0 Å². The molecule has 0 spiro atoms. The van der Waals surface area contributed by atoms with E-state index in [1.165, 1.54) is 17.5 Å². The monoisotopic (exact) mass is 567 g/mol. The highest BCUT2D eigenvalue weighted by atomic mass is 32.1. The number of hydrogen-bond acceptors (Lipinski definition) is 7. The van der Waals surface area contributed by atoms with Gasteiger partial charge in [0, 0.05) is 30.2 Å². The fourth-order valence-electron chi connectivity index (χ4n) is 5.25. The van der Waals surface area contributed by atoms with Gasteiger partial charge in [0.25, 0.3) is 5.91 Å². The molecule has 2 aliphatic heterocycles. The molecular formula is C28H37N7O4S. The number of aliphatic imine (C=N–C) groups is 1. The Kier molecular flexibility index (Phi) is 8.87. The SMILES string of the molecule is CC(C)(C)c1ccc(C(=O)N2CC(=O)N3C(CCC3C(=O)NC(CCCN=C(N)N)C(=O)c3nccs3)C2)cc1. The Bertz CT molecular complexity index is 1270. The van der Waals surface area contributed by atoms with Gasteiger partial charge in [-0.3, -0.25) is 24.2 Å². The van der Waals surface area contributed by atoms with Gasteiger partial charge in [0.15, 0.2) is 11.0 Å². The molecule has 2 aliphatic rings. The van der Waals surface area contributed by atoms with Gasteiger partial charge in [-0.05, 0) is 48.8 Å². The Labute approximate surface area is 238 Å². The number of fused-ring (bicyclic) bond motifs is 1. The van der Waals surface area contributed by atoms with E-state index >= 15 is 0 Å². The zero-order valence-electron chi connectivity index (χ0n) is 23.1. The van der Waals surface area contributed by atoms with E-state index in [9.17, 15) is 19.2 Å². The normalized spacial score (nSPS) is 19.6. The molecule has 3 amide bonds. The molecule has 2 saturated heterocycles. The molecule has 0 aliphatic carbocycles. The van der Waals surface area contributed by atoms with E-state index in [1.54, 1.807) is 27.3 Å². The number of nitrogens with one attached hydrogen (secondary N) is 1. The second-order valence-corrected chi connectivity index (χ2v) is 12.2. The van der Waals surface area contributed by atoms with Crippen LogP contribution in [0.4, 0.5) is 0 Å². The van der Waals surface area contributed by atoms with E-state index in [2.05, 4.69) is 36.1 Å². The van der Waals surface area contributed by atoms with Crippen molar-refractivity contribution in [2.45, 2.75) is 70.0 Å². The van der Waals surface area contributed by atoms with Crippen molar-refractivity contribution in [2.24, 2.45) is 16.5 Å². The number of aromatic nitrogens is 1. The van der Waals surface area contributed by atoms with E-state index in [0.29, 0.717) is 49.3 Å². The summed E-state index contributed by atoms with van der Waals surface area (Å²) in [7, 11) is 0. The third kappa shape index (κ3) is 6.67. The largest absolute Gasteiger partial charge is 0.370 e. The van der Waals surface area contributed by atoms with Gasteiger partial charge in [-0.2, -0.15) is 0 Å². The maximum Gasteiger partial charge on any atom is 0.254 e. The Morgan fingerprint density at radius 1 is 1.18 bits per heavy atom. The number of hydrogen-bond donors (Lipinski definition) is 3. The van der Waals surface area contributed by atoms with Crippen LogP contribution in [-0.2, 0) is 15.0 Å². The van der Waals surface area contributed by atoms with Crippen LogP contribution in [0.1, 0.15) is 72.2 Å². The highest BCUT2D eigenvalue weighted by molar-refractivity contribution is 7.11. The van der Waals surface area contributed by atoms with Gasteiger partial charge in [-0.25, -0.2) is 4.98 Å². The lowest BCUT2D eigenvalue weighted by molar-refractivity contribution is -0.144. The molecule has 1 aromatic heterocycles. The Morgan fingerprint density at radius 3 is 2.52 bits per heavy atom. The molecule has 214 valence electrons. The third-order valence-corrected chi connectivity index (χ3v) is 8.14. The Hall–Kier alpha value is -3.80. The van der Waals surface area contributed by atoms with Gasteiger partial charge in [0.2, 0.25) is 17.6 Å². The van der Waals surface area contributed by atoms with E-state index in [4.69, 9.17) is 11.5 Å². The maximum atomic E-state index is 13.4. The number of rotatable bonds is 9. The smallest absolute Gasteiger partial charge is 0.254 e. The molecule has 11 nitrogen and oxygen atoms in total. The lowest BCUT2D eigenvalue weighted by Gasteiger charge is -2.39. The van der Waals surface area contributed by atoms with Crippen LogP contribution < -0.4 is 16.8 Å². The number of carbonyl (C=O) groups is 4. The number of guanidine groups is 1. The second-order valence-electron chi connectivity index (χ2n) is 11.3. The van der Waals surface area contributed by atoms with Crippen molar-refractivity contribution >= 4 is 40.8 Å². The molecule has 12 heteroatoms. The Balaban J connectivity index is 1.41. The summed E-state index contributed by atoms with van der Waals surface area (Å²) in [6.07, 6.45) is 3.38. The van der Waals surface area contributed by atoms with Crippen LogP contribution in [0.5, 0.6) is 0 Å². The maximum absolute atomic E-state index is 13.4. The number of carbonyl (C=O) groups excluding carboxylic acids is 4. The molecule has 1 aromatic carbocycles. The van der Waals surface area contributed by atoms with Crippen LogP contribution >= 0.6 is 11.3 Å². The molecule has 2 fully saturated rings. The number of nitrogens with two attached hydrogens (primary N) is 2. The predicted octanol–water partition coefficient (Wildman–Crippen LogP) is 1.68. The average Bonchev–Trinajstić information content (AvgIpc) is 3.60. The zero-order valence-corrected chi connectivity index (χ0v) is 23.9.